The van der Waals surface area contributed by atoms with Crippen LogP contribution in [-0.2, 0) is 6.54 Å². The molecule has 0 saturated carbocycles. The number of rotatable bonds is 5. The van der Waals surface area contributed by atoms with Gasteiger partial charge < -0.3 is 0 Å². The third-order valence-electron chi connectivity index (χ3n) is 2.50. The number of nitrogens with zero attached hydrogens (tertiary/aromatic N) is 1. The van der Waals surface area contributed by atoms with Gasteiger partial charge in [-0.05, 0) is 24.1 Å². The van der Waals surface area contributed by atoms with Crippen molar-refractivity contribution in [1.29, 1.82) is 0 Å². The molecule has 0 N–H and O–H groups in total. The van der Waals surface area contributed by atoms with Crippen molar-refractivity contribution in [2.45, 2.75) is 6.54 Å². The molecule has 0 atom stereocenters. The fourth-order valence-corrected chi connectivity index (χ4v) is 2.37. The molecule has 0 unspecified atom stereocenters. The molecular formula is C14H16ClNOS. The molecule has 0 fully saturated rings. The second-order valence-corrected chi connectivity index (χ2v) is 5.01. The number of hydrogen-bond donors (Lipinski definition) is 0. The number of halogens is 1. The van der Waals surface area contributed by atoms with Crippen molar-refractivity contribution >= 4 is 29.5 Å². The van der Waals surface area contributed by atoms with Gasteiger partial charge in [0.15, 0.2) is 5.78 Å². The first-order valence-corrected chi connectivity index (χ1v) is 6.43. The minimum Gasteiger partial charge on any atom is -0.295 e. The third-order valence-corrected chi connectivity index (χ3v) is 3.42. The number of benzene rings is 1. The molecule has 96 valence electrons. The highest BCUT2D eigenvalue weighted by Gasteiger charge is 2.10. The molecular weight excluding hydrogens is 266 g/mol. The van der Waals surface area contributed by atoms with Gasteiger partial charge in [0.05, 0.1) is 11.4 Å². The van der Waals surface area contributed by atoms with E-state index in [2.05, 4.69) is 12.1 Å². The number of hydrogen-bond acceptors (Lipinski definition) is 3. The Hall–Kier alpha value is -1.16. The maximum atomic E-state index is 11.9. The Morgan fingerprint density at radius 2 is 1.89 bits per heavy atom. The van der Waals surface area contributed by atoms with E-state index in [4.69, 9.17) is 0 Å². The van der Waals surface area contributed by atoms with Crippen LogP contribution in [0, 0.1) is 0 Å². The van der Waals surface area contributed by atoms with Crippen LogP contribution in [-0.4, -0.2) is 24.3 Å². The van der Waals surface area contributed by atoms with E-state index < -0.39 is 0 Å². The minimum absolute atomic E-state index is 0. The summed E-state index contributed by atoms with van der Waals surface area (Å²) in [6, 6.07) is 14.0. The van der Waals surface area contributed by atoms with E-state index in [1.54, 1.807) is 0 Å². The molecule has 0 bridgehead atoms. The lowest BCUT2D eigenvalue weighted by atomic mass is 10.2. The molecule has 0 aliphatic carbocycles. The Labute approximate surface area is 118 Å². The number of likely N-dealkylation sites (N-methyl/N-ethyl adjacent to an activating group) is 1. The Morgan fingerprint density at radius 3 is 2.50 bits per heavy atom. The van der Waals surface area contributed by atoms with Crippen LogP contribution in [0.15, 0.2) is 47.8 Å². The number of carbonyl (C=O) groups is 1. The molecule has 18 heavy (non-hydrogen) atoms. The highest BCUT2D eigenvalue weighted by Crippen LogP contribution is 2.10. The van der Waals surface area contributed by atoms with Crippen molar-refractivity contribution in [3.63, 3.8) is 0 Å². The van der Waals surface area contributed by atoms with Crippen LogP contribution in [0.3, 0.4) is 0 Å². The van der Waals surface area contributed by atoms with E-state index in [0.29, 0.717) is 6.54 Å². The number of Topliss-reactive ketones (excluding diaryl/α,β-unsaturated/α-hetero) is 1. The summed E-state index contributed by atoms with van der Waals surface area (Å²) in [7, 11) is 1.97. The van der Waals surface area contributed by atoms with Gasteiger partial charge >= 0.3 is 0 Å². The molecule has 0 radical (unpaired) electrons. The van der Waals surface area contributed by atoms with Crippen LogP contribution < -0.4 is 0 Å². The second kappa shape index (κ2) is 7.31. The van der Waals surface area contributed by atoms with E-state index in [1.165, 1.54) is 16.9 Å². The van der Waals surface area contributed by atoms with Crippen molar-refractivity contribution in [3.05, 3.63) is 58.3 Å². The predicted octanol–water partition coefficient (Wildman–Crippen LogP) is 3.48. The Kier molecular flexibility index (Phi) is 6.05. The zero-order valence-electron chi connectivity index (χ0n) is 10.2. The maximum Gasteiger partial charge on any atom is 0.186 e. The van der Waals surface area contributed by atoms with Gasteiger partial charge in [-0.25, -0.2) is 0 Å². The summed E-state index contributed by atoms with van der Waals surface area (Å²) < 4.78 is 0. The summed E-state index contributed by atoms with van der Waals surface area (Å²) >= 11 is 1.50. The summed E-state index contributed by atoms with van der Waals surface area (Å²) in [5.74, 6) is 0.193. The highest BCUT2D eigenvalue weighted by molar-refractivity contribution is 7.12. The van der Waals surface area contributed by atoms with E-state index in [9.17, 15) is 4.79 Å². The zero-order valence-corrected chi connectivity index (χ0v) is 11.8. The lowest BCUT2D eigenvalue weighted by Gasteiger charge is -2.15. The average Bonchev–Trinajstić information content (AvgIpc) is 2.83. The summed E-state index contributed by atoms with van der Waals surface area (Å²) in [5.41, 5.74) is 1.23. The van der Waals surface area contributed by atoms with Crippen LogP contribution in [0.5, 0.6) is 0 Å². The maximum absolute atomic E-state index is 11.9. The fraction of sp³-hybridized carbons (Fsp3) is 0.214. The normalized spacial score (nSPS) is 10.1. The lowest BCUT2D eigenvalue weighted by molar-refractivity contribution is 0.0947. The SMILES string of the molecule is CN(CC(=O)c1cccs1)Cc1ccccc1.Cl. The van der Waals surface area contributed by atoms with Gasteiger partial charge in [0.25, 0.3) is 0 Å². The molecule has 1 aromatic heterocycles. The topological polar surface area (TPSA) is 20.3 Å². The molecule has 0 amide bonds. The highest BCUT2D eigenvalue weighted by atomic mass is 35.5. The van der Waals surface area contributed by atoms with E-state index in [1.807, 2.05) is 47.7 Å². The van der Waals surface area contributed by atoms with Gasteiger partial charge in [-0.1, -0.05) is 36.4 Å². The van der Waals surface area contributed by atoms with Crippen molar-refractivity contribution in [1.82, 2.24) is 4.90 Å². The molecule has 4 heteroatoms. The van der Waals surface area contributed by atoms with E-state index in [0.717, 1.165) is 11.4 Å². The summed E-state index contributed by atoms with van der Waals surface area (Å²) in [5, 5.41) is 1.93. The summed E-state index contributed by atoms with van der Waals surface area (Å²) in [4.78, 5) is 14.8. The first-order valence-electron chi connectivity index (χ1n) is 5.55. The predicted molar refractivity (Wildman–Crippen MR) is 78.7 cm³/mol. The van der Waals surface area contributed by atoms with Crippen molar-refractivity contribution in [3.8, 4) is 0 Å². The monoisotopic (exact) mass is 281 g/mol. The van der Waals surface area contributed by atoms with Crippen LogP contribution in [0.4, 0.5) is 0 Å². The molecule has 1 aromatic carbocycles. The Morgan fingerprint density at radius 1 is 1.17 bits per heavy atom. The summed E-state index contributed by atoms with van der Waals surface area (Å²) in [6.45, 7) is 1.27. The first kappa shape index (κ1) is 14.9. The zero-order chi connectivity index (χ0) is 12.1. The van der Waals surface area contributed by atoms with Crippen LogP contribution >= 0.6 is 23.7 Å². The number of carbonyl (C=O) groups excluding carboxylic acids is 1. The molecule has 0 spiro atoms. The fourth-order valence-electron chi connectivity index (χ4n) is 1.71. The lowest BCUT2D eigenvalue weighted by Crippen LogP contribution is -2.25. The van der Waals surface area contributed by atoms with Gasteiger partial charge in [-0.15, -0.1) is 23.7 Å². The molecule has 2 nitrogen and oxygen atoms in total. The smallest absolute Gasteiger partial charge is 0.186 e. The van der Waals surface area contributed by atoms with Crippen molar-refractivity contribution in [2.24, 2.45) is 0 Å². The van der Waals surface area contributed by atoms with Gasteiger partial charge in [0, 0.05) is 6.54 Å². The van der Waals surface area contributed by atoms with Crippen LogP contribution in [0.1, 0.15) is 15.2 Å². The Bertz CT molecular complexity index is 470. The van der Waals surface area contributed by atoms with Crippen molar-refractivity contribution < 1.29 is 4.79 Å². The number of thiophene rings is 1. The van der Waals surface area contributed by atoms with E-state index >= 15 is 0 Å². The first-order chi connectivity index (χ1) is 8.25. The van der Waals surface area contributed by atoms with Crippen molar-refractivity contribution in [2.75, 3.05) is 13.6 Å². The standard InChI is InChI=1S/C14H15NOS.ClH/c1-15(10-12-6-3-2-4-7-12)11-13(16)14-8-5-9-17-14;/h2-9H,10-11H2,1H3;1H. The van der Waals surface area contributed by atoms with Gasteiger partial charge in [0.2, 0.25) is 0 Å². The summed E-state index contributed by atoms with van der Waals surface area (Å²) in [6.07, 6.45) is 0. The molecule has 0 aliphatic rings. The molecule has 0 saturated heterocycles. The van der Waals surface area contributed by atoms with Gasteiger partial charge in [0.1, 0.15) is 0 Å². The molecule has 2 rings (SSSR count). The molecule has 1 heterocycles. The second-order valence-electron chi connectivity index (χ2n) is 4.06. The van der Waals surface area contributed by atoms with Crippen LogP contribution in [0.25, 0.3) is 0 Å². The number of ketones is 1. The third kappa shape index (κ3) is 4.26. The van der Waals surface area contributed by atoms with Gasteiger partial charge in [-0.3, -0.25) is 9.69 Å². The molecule has 0 aliphatic heterocycles. The quantitative estimate of drug-likeness (QED) is 0.782. The van der Waals surface area contributed by atoms with Crippen LogP contribution in [0.2, 0.25) is 0 Å². The largest absolute Gasteiger partial charge is 0.295 e. The minimum atomic E-state index is 0. The average molecular weight is 282 g/mol. The van der Waals surface area contributed by atoms with E-state index in [-0.39, 0.29) is 18.2 Å². The Balaban J connectivity index is 0.00000162. The van der Waals surface area contributed by atoms with Gasteiger partial charge in [-0.2, -0.15) is 0 Å². The molecule has 2 aromatic rings.